The van der Waals surface area contributed by atoms with E-state index < -0.39 is 6.04 Å². The lowest BCUT2D eigenvalue weighted by molar-refractivity contribution is -0.129. The molecule has 0 unspecified atom stereocenters. The van der Waals surface area contributed by atoms with Crippen molar-refractivity contribution in [3.63, 3.8) is 0 Å². The summed E-state index contributed by atoms with van der Waals surface area (Å²) in [5.74, 6) is 0.823. The molecule has 1 aliphatic heterocycles. The lowest BCUT2D eigenvalue weighted by atomic mass is 10.2. The average molecular weight is 233 g/mol. The summed E-state index contributed by atoms with van der Waals surface area (Å²) in [6.45, 7) is 2.81. The molecule has 0 radical (unpaired) electrons. The molecule has 0 aliphatic carbocycles. The summed E-state index contributed by atoms with van der Waals surface area (Å²) in [5.41, 5.74) is 8.54. The molecule has 3 N–H and O–H groups in total. The number of carbonyl (C=O) groups is 1. The van der Waals surface area contributed by atoms with Crippen LogP contribution >= 0.6 is 11.8 Å². The number of ether oxygens (including phenoxy) is 1. The maximum atomic E-state index is 11.6. The lowest BCUT2D eigenvalue weighted by Gasteiger charge is -2.28. The largest absolute Gasteiger partial charge is 0.379 e. The third kappa shape index (κ3) is 4.83. The Balaban J connectivity index is 2.20. The second-order valence-electron chi connectivity index (χ2n) is 3.46. The van der Waals surface area contributed by atoms with Crippen molar-refractivity contribution >= 4 is 17.7 Å². The molecule has 0 aromatic carbocycles. The second-order valence-corrected chi connectivity index (χ2v) is 4.45. The number of hydrogen-bond donors (Lipinski definition) is 2. The van der Waals surface area contributed by atoms with Gasteiger partial charge in [0.2, 0.25) is 0 Å². The van der Waals surface area contributed by atoms with Gasteiger partial charge in [0.25, 0.3) is 5.91 Å². The average Bonchev–Trinajstić information content (AvgIpc) is 2.27. The van der Waals surface area contributed by atoms with Crippen LogP contribution in [0.3, 0.4) is 0 Å². The van der Waals surface area contributed by atoms with Crippen molar-refractivity contribution in [2.45, 2.75) is 12.5 Å². The van der Waals surface area contributed by atoms with E-state index in [2.05, 4.69) is 5.43 Å². The molecule has 1 rings (SSSR count). The van der Waals surface area contributed by atoms with Crippen molar-refractivity contribution in [3.05, 3.63) is 0 Å². The van der Waals surface area contributed by atoms with E-state index in [1.165, 1.54) is 0 Å². The highest BCUT2D eigenvalue weighted by molar-refractivity contribution is 7.98. The van der Waals surface area contributed by atoms with Crippen LogP contribution in [0.2, 0.25) is 0 Å². The van der Waals surface area contributed by atoms with Crippen molar-refractivity contribution < 1.29 is 9.53 Å². The minimum atomic E-state index is -0.403. The van der Waals surface area contributed by atoms with Gasteiger partial charge in [-0.2, -0.15) is 11.8 Å². The molecular formula is C9H19N3O2S. The fraction of sp³-hybridized carbons (Fsp3) is 0.889. The van der Waals surface area contributed by atoms with Crippen LogP contribution in [0.1, 0.15) is 6.42 Å². The van der Waals surface area contributed by atoms with Crippen molar-refractivity contribution in [1.29, 1.82) is 0 Å². The number of carbonyl (C=O) groups excluding carboxylic acids is 1. The first kappa shape index (κ1) is 12.8. The third-order valence-corrected chi connectivity index (χ3v) is 2.89. The van der Waals surface area contributed by atoms with Gasteiger partial charge in [-0.1, -0.05) is 0 Å². The van der Waals surface area contributed by atoms with Gasteiger partial charge in [-0.3, -0.25) is 10.2 Å². The predicted octanol–water partition coefficient (Wildman–Crippen LogP) is -0.570. The predicted molar refractivity (Wildman–Crippen MR) is 61.5 cm³/mol. The summed E-state index contributed by atoms with van der Waals surface area (Å²) in [7, 11) is 0. The van der Waals surface area contributed by atoms with Crippen LogP contribution in [0.5, 0.6) is 0 Å². The normalized spacial score (nSPS) is 19.9. The number of rotatable bonds is 5. The first-order valence-electron chi connectivity index (χ1n) is 5.11. The summed E-state index contributed by atoms with van der Waals surface area (Å²) in [4.78, 5) is 11.6. The van der Waals surface area contributed by atoms with E-state index in [0.717, 1.165) is 25.3 Å². The number of nitrogens with one attached hydrogen (secondary N) is 1. The topological polar surface area (TPSA) is 67.6 Å². The molecule has 15 heavy (non-hydrogen) atoms. The molecule has 1 fully saturated rings. The second kappa shape index (κ2) is 7.05. The van der Waals surface area contributed by atoms with Crippen LogP contribution < -0.4 is 11.2 Å². The van der Waals surface area contributed by atoms with E-state index in [0.29, 0.717) is 13.2 Å². The van der Waals surface area contributed by atoms with Gasteiger partial charge < -0.3 is 10.5 Å². The van der Waals surface area contributed by atoms with E-state index >= 15 is 0 Å². The summed E-state index contributed by atoms with van der Waals surface area (Å²) < 4.78 is 5.18. The molecule has 1 atom stereocenters. The van der Waals surface area contributed by atoms with Gasteiger partial charge in [0.15, 0.2) is 0 Å². The summed E-state index contributed by atoms with van der Waals surface area (Å²) >= 11 is 1.70. The van der Waals surface area contributed by atoms with Gasteiger partial charge in [-0.25, -0.2) is 5.01 Å². The number of morpholine rings is 1. The van der Waals surface area contributed by atoms with Crippen LogP contribution in [0.4, 0.5) is 0 Å². The zero-order chi connectivity index (χ0) is 11.1. The zero-order valence-corrected chi connectivity index (χ0v) is 9.89. The summed E-state index contributed by atoms with van der Waals surface area (Å²) in [6.07, 6.45) is 2.73. The first-order valence-corrected chi connectivity index (χ1v) is 6.51. The Morgan fingerprint density at radius 2 is 2.27 bits per heavy atom. The maximum absolute atomic E-state index is 11.6. The minimum Gasteiger partial charge on any atom is -0.379 e. The fourth-order valence-electron chi connectivity index (χ4n) is 1.29. The molecule has 0 saturated carbocycles. The van der Waals surface area contributed by atoms with Gasteiger partial charge in [0.1, 0.15) is 0 Å². The van der Waals surface area contributed by atoms with Crippen molar-refractivity contribution in [2.75, 3.05) is 38.3 Å². The molecule has 0 bridgehead atoms. The van der Waals surface area contributed by atoms with E-state index in [9.17, 15) is 4.79 Å². The highest BCUT2D eigenvalue weighted by Gasteiger charge is 2.17. The minimum absolute atomic E-state index is 0.0917. The molecular weight excluding hydrogens is 214 g/mol. The number of hydrogen-bond acceptors (Lipinski definition) is 5. The molecule has 6 heteroatoms. The smallest absolute Gasteiger partial charge is 0.251 e. The van der Waals surface area contributed by atoms with Gasteiger partial charge in [0.05, 0.1) is 19.3 Å². The third-order valence-electron chi connectivity index (χ3n) is 2.25. The van der Waals surface area contributed by atoms with Crippen LogP contribution in [-0.2, 0) is 9.53 Å². The standard InChI is InChI=1S/C9H19N3O2S/c1-15-7-2-8(10)9(13)11-12-3-5-14-6-4-12/h8H,2-7,10H2,1H3,(H,11,13)/t8-/m0/s1. The Morgan fingerprint density at radius 1 is 1.60 bits per heavy atom. The molecule has 1 heterocycles. The molecule has 0 aromatic rings. The first-order chi connectivity index (χ1) is 7.24. The van der Waals surface area contributed by atoms with Gasteiger partial charge in [-0.05, 0) is 18.4 Å². The molecule has 1 amide bonds. The van der Waals surface area contributed by atoms with E-state index in [1.54, 1.807) is 11.8 Å². The molecule has 5 nitrogen and oxygen atoms in total. The molecule has 1 saturated heterocycles. The zero-order valence-electron chi connectivity index (χ0n) is 9.07. The molecule has 0 aromatic heterocycles. The number of nitrogens with two attached hydrogens (primary N) is 1. The molecule has 1 aliphatic rings. The number of nitrogens with zero attached hydrogens (tertiary/aromatic N) is 1. The van der Waals surface area contributed by atoms with Crippen LogP contribution in [0.25, 0.3) is 0 Å². The fourth-order valence-corrected chi connectivity index (χ4v) is 1.78. The number of hydrazine groups is 1. The van der Waals surface area contributed by atoms with E-state index in [4.69, 9.17) is 10.5 Å². The SMILES string of the molecule is CSCC[C@H](N)C(=O)NN1CCOCC1. The van der Waals surface area contributed by atoms with E-state index in [1.807, 2.05) is 11.3 Å². The van der Waals surface area contributed by atoms with Crippen molar-refractivity contribution in [2.24, 2.45) is 5.73 Å². The lowest BCUT2D eigenvalue weighted by Crippen LogP contribution is -2.53. The maximum Gasteiger partial charge on any atom is 0.251 e. The Bertz CT molecular complexity index is 198. The van der Waals surface area contributed by atoms with E-state index in [-0.39, 0.29) is 5.91 Å². The Morgan fingerprint density at radius 3 is 2.87 bits per heavy atom. The highest BCUT2D eigenvalue weighted by atomic mass is 32.2. The molecule has 88 valence electrons. The van der Waals surface area contributed by atoms with Gasteiger partial charge in [-0.15, -0.1) is 0 Å². The number of amides is 1. The monoisotopic (exact) mass is 233 g/mol. The number of thioether (sulfide) groups is 1. The van der Waals surface area contributed by atoms with Gasteiger partial charge >= 0.3 is 0 Å². The Hall–Kier alpha value is -0.300. The van der Waals surface area contributed by atoms with Crippen LogP contribution in [0.15, 0.2) is 0 Å². The van der Waals surface area contributed by atoms with Crippen LogP contribution in [0, 0.1) is 0 Å². The van der Waals surface area contributed by atoms with Crippen LogP contribution in [-0.4, -0.2) is 55.3 Å². The Kier molecular flexibility index (Phi) is 6.00. The Labute approximate surface area is 94.7 Å². The highest BCUT2D eigenvalue weighted by Crippen LogP contribution is 1.99. The molecule has 0 spiro atoms. The van der Waals surface area contributed by atoms with Crippen molar-refractivity contribution in [3.8, 4) is 0 Å². The van der Waals surface area contributed by atoms with Gasteiger partial charge in [0, 0.05) is 13.1 Å². The summed E-state index contributed by atoms with van der Waals surface area (Å²) in [6, 6.07) is -0.403. The quantitative estimate of drug-likeness (QED) is 0.665. The van der Waals surface area contributed by atoms with Crippen molar-refractivity contribution in [1.82, 2.24) is 10.4 Å². The summed E-state index contributed by atoms with van der Waals surface area (Å²) in [5, 5.41) is 1.87.